The minimum absolute atomic E-state index is 0.0744. The van der Waals surface area contributed by atoms with Gasteiger partial charge in [-0.1, -0.05) is 12.8 Å². The van der Waals surface area contributed by atoms with Crippen LogP contribution in [0, 0.1) is 0 Å². The second-order valence-electron chi connectivity index (χ2n) is 5.73. The summed E-state index contributed by atoms with van der Waals surface area (Å²) < 4.78 is 5.98. The van der Waals surface area contributed by atoms with Crippen molar-refractivity contribution in [1.29, 1.82) is 0 Å². The molecule has 1 saturated carbocycles. The van der Waals surface area contributed by atoms with Crippen molar-refractivity contribution in [3.05, 3.63) is 23.8 Å². The molecule has 2 N–H and O–H groups in total. The maximum atomic E-state index is 11.3. The Kier molecular flexibility index (Phi) is 3.92. The molecule has 2 aliphatic rings. The number of carbonyl (C=O) groups is 1. The normalized spacial score (nSPS) is 26.4. The molecular weight excluding hydrogens is 254 g/mol. The molecule has 1 amide bonds. The highest BCUT2D eigenvalue weighted by Crippen LogP contribution is 2.29. The zero-order valence-electron chi connectivity index (χ0n) is 11.6. The summed E-state index contributed by atoms with van der Waals surface area (Å²) in [4.78, 5) is 11.3. The lowest BCUT2D eigenvalue weighted by Crippen LogP contribution is -2.30. The fourth-order valence-corrected chi connectivity index (χ4v) is 3.00. The molecule has 4 heteroatoms. The maximum absolute atomic E-state index is 11.3. The van der Waals surface area contributed by atoms with Crippen molar-refractivity contribution in [2.45, 2.75) is 57.2 Å². The van der Waals surface area contributed by atoms with Crippen molar-refractivity contribution in [3.63, 3.8) is 0 Å². The first-order valence-electron chi connectivity index (χ1n) is 7.50. The van der Waals surface area contributed by atoms with Crippen LogP contribution >= 0.6 is 0 Å². The molecule has 1 aliphatic heterocycles. The third-order valence-electron chi connectivity index (χ3n) is 4.18. The van der Waals surface area contributed by atoms with E-state index in [2.05, 4.69) is 5.32 Å². The standard InChI is InChI=1S/C16H21NO3/c18-14-4-2-1-3-5-15(14)20-12-7-8-13-11(10-12)6-9-16(19)17-13/h7-8,10,14-15,18H,1-6,9H2,(H,17,19). The van der Waals surface area contributed by atoms with Crippen molar-refractivity contribution in [2.24, 2.45) is 0 Å². The Hall–Kier alpha value is -1.55. The number of benzene rings is 1. The number of hydrogen-bond acceptors (Lipinski definition) is 3. The van der Waals surface area contributed by atoms with Gasteiger partial charge in [-0.25, -0.2) is 0 Å². The smallest absolute Gasteiger partial charge is 0.224 e. The molecule has 1 aromatic carbocycles. The predicted molar refractivity (Wildman–Crippen MR) is 76.9 cm³/mol. The van der Waals surface area contributed by atoms with Crippen molar-refractivity contribution < 1.29 is 14.6 Å². The highest BCUT2D eigenvalue weighted by molar-refractivity contribution is 5.93. The number of amides is 1. The highest BCUT2D eigenvalue weighted by Gasteiger charge is 2.24. The lowest BCUT2D eigenvalue weighted by atomic mass is 10.0. The Bertz CT molecular complexity index is 500. The molecule has 0 bridgehead atoms. The van der Waals surface area contributed by atoms with E-state index in [4.69, 9.17) is 4.74 Å². The number of nitrogens with one attached hydrogen (secondary N) is 1. The summed E-state index contributed by atoms with van der Waals surface area (Å²) in [5, 5.41) is 13.0. The number of fused-ring (bicyclic) bond motifs is 1. The van der Waals surface area contributed by atoms with Gasteiger partial charge in [0, 0.05) is 12.1 Å². The van der Waals surface area contributed by atoms with E-state index >= 15 is 0 Å². The number of aliphatic hydroxyl groups is 1. The molecule has 2 unspecified atom stereocenters. The molecule has 1 heterocycles. The quantitative estimate of drug-likeness (QED) is 0.816. The lowest BCUT2D eigenvalue weighted by Gasteiger charge is -2.23. The second-order valence-corrected chi connectivity index (χ2v) is 5.73. The van der Waals surface area contributed by atoms with Gasteiger partial charge in [0.05, 0.1) is 6.10 Å². The fraction of sp³-hybridized carbons (Fsp3) is 0.562. The van der Waals surface area contributed by atoms with Gasteiger partial charge in [0.2, 0.25) is 5.91 Å². The summed E-state index contributed by atoms with van der Waals surface area (Å²) in [7, 11) is 0. The van der Waals surface area contributed by atoms with Gasteiger partial charge in [-0.3, -0.25) is 4.79 Å². The van der Waals surface area contributed by atoms with Crippen LogP contribution in [0.4, 0.5) is 5.69 Å². The summed E-state index contributed by atoms with van der Waals surface area (Å²) in [5.74, 6) is 0.871. The topological polar surface area (TPSA) is 58.6 Å². The van der Waals surface area contributed by atoms with Gasteiger partial charge >= 0.3 is 0 Å². The zero-order valence-corrected chi connectivity index (χ0v) is 11.6. The SMILES string of the molecule is O=C1CCc2cc(OC3CCCCCC3O)ccc2N1. The van der Waals surface area contributed by atoms with Crippen LogP contribution in [0.2, 0.25) is 0 Å². The number of anilines is 1. The first-order valence-corrected chi connectivity index (χ1v) is 7.50. The van der Waals surface area contributed by atoms with Crippen molar-refractivity contribution in [2.75, 3.05) is 5.32 Å². The monoisotopic (exact) mass is 275 g/mol. The third-order valence-corrected chi connectivity index (χ3v) is 4.18. The number of carbonyl (C=O) groups excluding carboxylic acids is 1. The van der Waals surface area contributed by atoms with Gasteiger partial charge in [-0.05, 0) is 49.4 Å². The van der Waals surface area contributed by atoms with Crippen LogP contribution in [0.25, 0.3) is 0 Å². The molecule has 20 heavy (non-hydrogen) atoms. The molecule has 108 valence electrons. The van der Waals surface area contributed by atoms with Gasteiger partial charge in [-0.15, -0.1) is 0 Å². The molecule has 1 aromatic rings. The highest BCUT2D eigenvalue weighted by atomic mass is 16.5. The summed E-state index contributed by atoms with van der Waals surface area (Å²) in [6, 6.07) is 5.76. The van der Waals surface area contributed by atoms with Crippen LogP contribution in [0.15, 0.2) is 18.2 Å². The summed E-state index contributed by atoms with van der Waals surface area (Å²) in [6.45, 7) is 0. The van der Waals surface area contributed by atoms with Crippen LogP contribution in [-0.2, 0) is 11.2 Å². The van der Waals surface area contributed by atoms with E-state index in [1.165, 1.54) is 6.42 Å². The van der Waals surface area contributed by atoms with Crippen LogP contribution in [-0.4, -0.2) is 23.2 Å². The Morgan fingerprint density at radius 2 is 2.00 bits per heavy atom. The molecule has 1 fully saturated rings. The third kappa shape index (κ3) is 2.96. The molecular formula is C16H21NO3. The zero-order chi connectivity index (χ0) is 13.9. The number of ether oxygens (including phenoxy) is 1. The first-order chi connectivity index (χ1) is 9.72. The Balaban J connectivity index is 1.72. The Morgan fingerprint density at radius 3 is 2.90 bits per heavy atom. The van der Waals surface area contributed by atoms with E-state index in [-0.39, 0.29) is 18.1 Å². The van der Waals surface area contributed by atoms with Gasteiger partial charge < -0.3 is 15.2 Å². The average Bonchev–Trinajstić information content (AvgIpc) is 2.64. The molecule has 2 atom stereocenters. The molecule has 1 aliphatic carbocycles. The Morgan fingerprint density at radius 1 is 1.15 bits per heavy atom. The molecule has 0 aromatic heterocycles. The molecule has 0 radical (unpaired) electrons. The average molecular weight is 275 g/mol. The van der Waals surface area contributed by atoms with Crippen molar-refractivity contribution in [1.82, 2.24) is 0 Å². The van der Waals surface area contributed by atoms with Crippen molar-refractivity contribution in [3.8, 4) is 5.75 Å². The van der Waals surface area contributed by atoms with Gasteiger partial charge in [0.1, 0.15) is 11.9 Å². The van der Waals surface area contributed by atoms with Crippen LogP contribution in [0.3, 0.4) is 0 Å². The predicted octanol–water partition coefficient (Wildman–Crippen LogP) is 2.64. The number of aryl methyl sites for hydroxylation is 1. The summed E-state index contributed by atoms with van der Waals surface area (Å²) in [6.07, 6.45) is 5.92. The molecule has 0 spiro atoms. The van der Waals surface area contributed by atoms with E-state index in [1.807, 2.05) is 18.2 Å². The van der Waals surface area contributed by atoms with Gasteiger partial charge in [-0.2, -0.15) is 0 Å². The summed E-state index contributed by atoms with van der Waals surface area (Å²) >= 11 is 0. The lowest BCUT2D eigenvalue weighted by molar-refractivity contribution is -0.116. The minimum Gasteiger partial charge on any atom is -0.488 e. The largest absolute Gasteiger partial charge is 0.488 e. The van der Waals surface area contributed by atoms with Gasteiger partial charge in [0.25, 0.3) is 0 Å². The molecule has 3 rings (SSSR count). The van der Waals surface area contributed by atoms with Crippen LogP contribution < -0.4 is 10.1 Å². The van der Waals surface area contributed by atoms with E-state index < -0.39 is 0 Å². The summed E-state index contributed by atoms with van der Waals surface area (Å²) in [5.41, 5.74) is 2.00. The van der Waals surface area contributed by atoms with Gasteiger partial charge in [0.15, 0.2) is 0 Å². The Labute approximate surface area is 119 Å². The van der Waals surface area contributed by atoms with E-state index in [0.717, 1.165) is 49.1 Å². The second kappa shape index (κ2) is 5.83. The van der Waals surface area contributed by atoms with E-state index in [9.17, 15) is 9.90 Å². The maximum Gasteiger partial charge on any atom is 0.224 e. The number of rotatable bonds is 2. The van der Waals surface area contributed by atoms with E-state index in [1.54, 1.807) is 0 Å². The molecule has 0 saturated heterocycles. The van der Waals surface area contributed by atoms with Crippen LogP contribution in [0.1, 0.15) is 44.1 Å². The molecule has 4 nitrogen and oxygen atoms in total. The number of hydrogen-bond donors (Lipinski definition) is 2. The van der Waals surface area contributed by atoms with E-state index in [0.29, 0.717) is 6.42 Å². The fourth-order valence-electron chi connectivity index (χ4n) is 3.00. The van der Waals surface area contributed by atoms with Crippen molar-refractivity contribution >= 4 is 11.6 Å². The minimum atomic E-state index is -0.367. The first kappa shape index (κ1) is 13.4. The van der Waals surface area contributed by atoms with Crippen LogP contribution in [0.5, 0.6) is 5.75 Å². The number of aliphatic hydroxyl groups excluding tert-OH is 1.